The van der Waals surface area contributed by atoms with Crippen LogP contribution < -0.4 is 15.8 Å². The van der Waals surface area contributed by atoms with Crippen LogP contribution in [-0.2, 0) is 25.7 Å². The first kappa shape index (κ1) is 35.1. The molecule has 0 saturated carbocycles. The molecule has 0 bridgehead atoms. The van der Waals surface area contributed by atoms with Crippen LogP contribution in [0.25, 0.3) is 32.0 Å². The van der Waals surface area contributed by atoms with Crippen molar-refractivity contribution in [2.45, 2.75) is 70.8 Å². The fourth-order valence-electron chi connectivity index (χ4n) is 7.94. The number of pyridine rings is 2. The van der Waals surface area contributed by atoms with E-state index in [1.54, 1.807) is 31.3 Å². The van der Waals surface area contributed by atoms with E-state index < -0.39 is 24.3 Å². The summed E-state index contributed by atoms with van der Waals surface area (Å²) in [6.07, 6.45) is 3.96. The van der Waals surface area contributed by atoms with Gasteiger partial charge >= 0.3 is 0 Å². The van der Waals surface area contributed by atoms with Gasteiger partial charge < -0.3 is 20.2 Å². The van der Waals surface area contributed by atoms with Crippen LogP contribution >= 0.6 is 22.9 Å². The summed E-state index contributed by atoms with van der Waals surface area (Å²) in [6.45, 7) is 5.83. The van der Waals surface area contributed by atoms with Crippen LogP contribution in [0.3, 0.4) is 0 Å². The Bertz CT molecular complexity index is 2410. The minimum Gasteiger partial charge on any atom is -0.496 e. The number of carbonyl (C=O) groups is 1. The van der Waals surface area contributed by atoms with Crippen molar-refractivity contribution in [1.29, 1.82) is 0 Å². The van der Waals surface area contributed by atoms with Gasteiger partial charge in [0.05, 0.1) is 34.3 Å². The highest BCUT2D eigenvalue weighted by atomic mass is 35.5. The first-order valence-corrected chi connectivity index (χ1v) is 18.7. The fraction of sp³-hybridized carbons (Fsp3) is 0.325. The molecular formula is C40H37ClF2N6O3S. The Morgan fingerprint density at radius 1 is 1.13 bits per heavy atom. The molecule has 0 radical (unpaired) electrons. The highest BCUT2D eigenvalue weighted by Gasteiger charge is 2.49. The molecule has 0 spiro atoms. The van der Waals surface area contributed by atoms with Crippen LogP contribution in [0.5, 0.6) is 5.75 Å². The molecule has 13 heteroatoms. The van der Waals surface area contributed by atoms with Gasteiger partial charge in [0.15, 0.2) is 0 Å². The van der Waals surface area contributed by atoms with Gasteiger partial charge in [0.1, 0.15) is 17.6 Å². The first-order valence-electron chi connectivity index (χ1n) is 17.5. The van der Waals surface area contributed by atoms with E-state index in [0.29, 0.717) is 78.5 Å². The zero-order valence-electron chi connectivity index (χ0n) is 29.6. The molecule has 2 aliphatic carbocycles. The molecular weight excluding hydrogens is 718 g/mol. The Hall–Kier alpha value is -4.94. The highest BCUT2D eigenvalue weighted by molar-refractivity contribution is 7.23. The molecule has 0 fully saturated rings. The fourth-order valence-corrected chi connectivity index (χ4v) is 9.30. The van der Waals surface area contributed by atoms with Crippen LogP contribution in [-0.4, -0.2) is 39.1 Å². The molecule has 6 aromatic rings. The summed E-state index contributed by atoms with van der Waals surface area (Å²) in [6, 6.07) is 13.5. The summed E-state index contributed by atoms with van der Waals surface area (Å²) >= 11 is 7.68. The standard InChI is InChI=1S/C40H37ClF2N6O3S/c1-19(2)14-28-32(37(44)50)34(33(39-49-48-20(3)52-39)29(46-28)16-22-9-8-21-15-24(41)10-11-25(21)22)31-17-23-12-13-45-38(35(23)53-31)47-36-26-6-5-7-30(51-4)27(26)18-40(36,42)43/h5-7,10-13,15,17,19,22,36H,8-9,14,16,18H2,1-4H3,(H2,44,50)(H,45,47)/t22-,36+/m1/s1. The van der Waals surface area contributed by atoms with E-state index in [0.717, 1.165) is 18.2 Å². The lowest BCUT2D eigenvalue weighted by Gasteiger charge is -2.22. The summed E-state index contributed by atoms with van der Waals surface area (Å²) in [4.78, 5) is 24.0. The number of ether oxygens (including phenoxy) is 1. The summed E-state index contributed by atoms with van der Waals surface area (Å²) in [5.74, 6) is -2.15. The quantitative estimate of drug-likeness (QED) is 0.142. The number of amides is 1. The molecule has 0 unspecified atom stereocenters. The SMILES string of the molecule is COc1cccc2c1CC(F)(F)[C@H]2Nc1nccc2cc(-c3c(C(N)=O)c(CC(C)C)nc(C[C@H]4CCc5cc(Cl)ccc54)c3-c3nnc(C)o3)sc12. The summed E-state index contributed by atoms with van der Waals surface area (Å²) in [5.41, 5.74) is 12.2. The van der Waals surface area contributed by atoms with Crippen molar-refractivity contribution in [2.75, 3.05) is 12.4 Å². The number of rotatable bonds is 10. The number of fused-ring (bicyclic) bond motifs is 3. The largest absolute Gasteiger partial charge is 0.496 e. The Labute approximate surface area is 314 Å². The van der Waals surface area contributed by atoms with Gasteiger partial charge in [0.2, 0.25) is 11.8 Å². The number of benzene rings is 2. The van der Waals surface area contributed by atoms with Crippen LogP contribution in [0, 0.1) is 12.8 Å². The lowest BCUT2D eigenvalue weighted by Crippen LogP contribution is -2.28. The zero-order valence-corrected chi connectivity index (χ0v) is 31.2. The second kappa shape index (κ2) is 13.5. The van der Waals surface area contributed by atoms with E-state index in [1.165, 1.54) is 29.6 Å². The number of carbonyl (C=O) groups excluding carboxylic acids is 1. The number of hydrogen-bond acceptors (Lipinski definition) is 9. The normalized spacial score (nSPS) is 17.4. The third-order valence-corrected chi connectivity index (χ3v) is 11.6. The van der Waals surface area contributed by atoms with E-state index >= 15 is 8.78 Å². The maximum Gasteiger partial charge on any atom is 0.276 e. The molecule has 272 valence electrons. The number of nitrogens with one attached hydrogen (secondary N) is 1. The average Bonchev–Trinajstić information content (AvgIpc) is 3.89. The van der Waals surface area contributed by atoms with Crippen LogP contribution in [0.4, 0.5) is 14.6 Å². The third-order valence-electron chi connectivity index (χ3n) is 10.2. The number of hydrogen-bond donors (Lipinski definition) is 2. The lowest BCUT2D eigenvalue weighted by molar-refractivity contribution is -0.00734. The monoisotopic (exact) mass is 754 g/mol. The highest BCUT2D eigenvalue weighted by Crippen LogP contribution is 2.50. The molecule has 9 nitrogen and oxygen atoms in total. The number of aromatic nitrogens is 4. The molecule has 0 saturated heterocycles. The van der Waals surface area contributed by atoms with Crippen molar-refractivity contribution in [3.63, 3.8) is 0 Å². The zero-order chi connectivity index (χ0) is 37.2. The summed E-state index contributed by atoms with van der Waals surface area (Å²) in [7, 11) is 1.48. The van der Waals surface area contributed by atoms with Gasteiger partial charge in [-0.25, -0.2) is 13.8 Å². The van der Waals surface area contributed by atoms with Gasteiger partial charge in [-0.1, -0.05) is 43.6 Å². The summed E-state index contributed by atoms with van der Waals surface area (Å²) in [5, 5.41) is 13.1. The number of alkyl halides is 2. The molecule has 4 aromatic heterocycles. The topological polar surface area (TPSA) is 129 Å². The molecule has 4 heterocycles. The minimum absolute atomic E-state index is 0.133. The smallest absolute Gasteiger partial charge is 0.276 e. The van der Waals surface area contributed by atoms with Gasteiger partial charge in [0, 0.05) is 40.6 Å². The van der Waals surface area contributed by atoms with Gasteiger partial charge in [0.25, 0.3) is 11.8 Å². The molecule has 0 aliphatic heterocycles. The van der Waals surface area contributed by atoms with Gasteiger partial charge in [-0.2, -0.15) is 0 Å². The summed E-state index contributed by atoms with van der Waals surface area (Å²) < 4.78 is 43.6. The molecule has 2 atom stereocenters. The van der Waals surface area contributed by atoms with E-state index in [2.05, 4.69) is 40.4 Å². The molecule has 8 rings (SSSR count). The Morgan fingerprint density at radius 3 is 2.70 bits per heavy atom. The number of nitrogens with zero attached hydrogens (tertiary/aromatic N) is 4. The minimum atomic E-state index is -3.10. The molecule has 2 aliphatic rings. The van der Waals surface area contributed by atoms with E-state index in [1.807, 2.05) is 24.3 Å². The van der Waals surface area contributed by atoms with Crippen molar-refractivity contribution >= 4 is 44.7 Å². The molecule has 53 heavy (non-hydrogen) atoms. The molecule has 1 amide bonds. The molecule has 2 aromatic carbocycles. The second-order valence-corrected chi connectivity index (χ2v) is 15.7. The van der Waals surface area contributed by atoms with Crippen LogP contribution in [0.1, 0.15) is 82.1 Å². The van der Waals surface area contributed by atoms with Crippen LogP contribution in [0.2, 0.25) is 5.02 Å². The predicted molar refractivity (Wildman–Crippen MR) is 202 cm³/mol. The average molecular weight is 755 g/mol. The number of primary amides is 1. The van der Waals surface area contributed by atoms with Gasteiger partial charge in [-0.15, -0.1) is 21.5 Å². The Morgan fingerprint density at radius 2 is 1.96 bits per heavy atom. The van der Waals surface area contributed by atoms with Crippen LogP contribution in [0.15, 0.2) is 59.1 Å². The maximum atomic E-state index is 15.7. The third kappa shape index (κ3) is 6.31. The maximum absolute atomic E-state index is 15.7. The first-order chi connectivity index (χ1) is 25.4. The number of halogens is 3. The van der Waals surface area contributed by atoms with Crippen molar-refractivity contribution in [2.24, 2.45) is 11.7 Å². The van der Waals surface area contributed by atoms with Crippen molar-refractivity contribution < 1.29 is 22.7 Å². The van der Waals surface area contributed by atoms with Gasteiger partial charge in [-0.05, 0) is 89.9 Å². The van der Waals surface area contributed by atoms with Gasteiger partial charge in [-0.3, -0.25) is 9.78 Å². The second-order valence-electron chi connectivity index (χ2n) is 14.2. The number of thiophene rings is 1. The number of aryl methyl sites for hydroxylation is 2. The van der Waals surface area contributed by atoms with E-state index in [-0.39, 0.29) is 23.3 Å². The van der Waals surface area contributed by atoms with Crippen molar-refractivity contribution in [3.8, 4) is 27.6 Å². The number of nitrogens with two attached hydrogens (primary N) is 1. The lowest BCUT2D eigenvalue weighted by atomic mass is 9.88. The van der Waals surface area contributed by atoms with Crippen molar-refractivity contribution in [1.82, 2.24) is 20.2 Å². The number of methoxy groups -OCH3 is 1. The van der Waals surface area contributed by atoms with E-state index in [4.69, 9.17) is 31.5 Å². The van der Waals surface area contributed by atoms with E-state index in [9.17, 15) is 4.79 Å². The van der Waals surface area contributed by atoms with Crippen molar-refractivity contribution in [3.05, 3.63) is 105 Å². The molecule has 3 N–H and O–H groups in total. The Kier molecular flexibility index (Phi) is 8.93. The Balaban J connectivity index is 1.32. The predicted octanol–water partition coefficient (Wildman–Crippen LogP) is 9.29. The number of anilines is 1.